The molecule has 4 nitrogen and oxygen atoms in total. The van der Waals surface area contributed by atoms with Crippen molar-refractivity contribution in [1.29, 1.82) is 0 Å². The summed E-state index contributed by atoms with van der Waals surface area (Å²) in [6.45, 7) is 3.24. The van der Waals surface area contributed by atoms with E-state index in [1.807, 2.05) is 6.92 Å². The highest BCUT2D eigenvalue weighted by molar-refractivity contribution is 7.89. The molecular weight excluding hydrogens is 166 g/mol. The van der Waals surface area contributed by atoms with E-state index >= 15 is 0 Å². The van der Waals surface area contributed by atoms with Gasteiger partial charge in [0.15, 0.2) is 0 Å². The minimum Gasteiger partial charge on any atom is -0.395 e. The Balaban J connectivity index is 4.01. The van der Waals surface area contributed by atoms with E-state index in [9.17, 15) is 8.42 Å². The summed E-state index contributed by atoms with van der Waals surface area (Å²) in [4.78, 5) is 0. The summed E-state index contributed by atoms with van der Waals surface area (Å²) in [5.41, 5.74) is 0. The van der Waals surface area contributed by atoms with Crippen molar-refractivity contribution < 1.29 is 13.5 Å². The number of rotatable bonds is 5. The summed E-state index contributed by atoms with van der Waals surface area (Å²) >= 11 is 0. The van der Waals surface area contributed by atoms with Crippen LogP contribution in [-0.2, 0) is 10.0 Å². The molecule has 0 amide bonds. The van der Waals surface area contributed by atoms with E-state index < -0.39 is 10.0 Å². The third-order valence-electron chi connectivity index (χ3n) is 1.44. The maximum atomic E-state index is 10.9. The van der Waals surface area contributed by atoms with Gasteiger partial charge in [0.2, 0.25) is 10.0 Å². The predicted octanol–water partition coefficient (Wildman–Crippen LogP) is -0.303. The highest BCUT2D eigenvalue weighted by Gasteiger charge is 2.12. The van der Waals surface area contributed by atoms with Crippen molar-refractivity contribution in [2.24, 2.45) is 0 Å². The molecule has 0 rings (SSSR count). The molecule has 0 saturated heterocycles. The fourth-order valence-electron chi connectivity index (χ4n) is 0.587. The van der Waals surface area contributed by atoms with Crippen LogP contribution in [0.15, 0.2) is 0 Å². The first-order valence-electron chi connectivity index (χ1n) is 3.66. The van der Waals surface area contributed by atoms with Crippen LogP contribution in [0.1, 0.15) is 20.3 Å². The van der Waals surface area contributed by atoms with E-state index in [4.69, 9.17) is 5.11 Å². The Morgan fingerprint density at radius 1 is 1.45 bits per heavy atom. The second-order valence-electron chi connectivity index (χ2n) is 2.31. The Morgan fingerprint density at radius 2 is 2.00 bits per heavy atom. The van der Waals surface area contributed by atoms with E-state index in [1.165, 1.54) is 0 Å². The lowest BCUT2D eigenvalue weighted by molar-refractivity contribution is 0.254. The molecule has 2 N–H and O–H groups in total. The van der Waals surface area contributed by atoms with Gasteiger partial charge in [-0.15, -0.1) is 0 Å². The third kappa shape index (κ3) is 4.34. The van der Waals surface area contributed by atoms with Crippen LogP contribution in [0.4, 0.5) is 0 Å². The van der Waals surface area contributed by atoms with Crippen molar-refractivity contribution in [3.8, 4) is 0 Å². The minimum atomic E-state index is -3.15. The first-order chi connectivity index (χ1) is 5.05. The molecule has 0 aromatic carbocycles. The number of aliphatic hydroxyl groups is 1. The van der Waals surface area contributed by atoms with Gasteiger partial charge in [-0.2, -0.15) is 0 Å². The zero-order valence-corrected chi connectivity index (χ0v) is 7.69. The van der Waals surface area contributed by atoms with Crippen molar-refractivity contribution in [2.75, 3.05) is 12.4 Å². The molecule has 0 aliphatic heterocycles. The van der Waals surface area contributed by atoms with Crippen molar-refractivity contribution in [3.05, 3.63) is 0 Å². The largest absolute Gasteiger partial charge is 0.395 e. The molecule has 1 atom stereocenters. The average molecular weight is 181 g/mol. The second-order valence-corrected chi connectivity index (χ2v) is 4.35. The van der Waals surface area contributed by atoms with Gasteiger partial charge in [0.1, 0.15) is 0 Å². The van der Waals surface area contributed by atoms with Gasteiger partial charge in [0.05, 0.1) is 12.4 Å². The summed E-state index contributed by atoms with van der Waals surface area (Å²) in [6, 6.07) is -0.333. The molecule has 0 aliphatic rings. The van der Waals surface area contributed by atoms with Crippen LogP contribution in [-0.4, -0.2) is 31.9 Å². The van der Waals surface area contributed by atoms with E-state index in [0.29, 0.717) is 6.42 Å². The van der Waals surface area contributed by atoms with E-state index in [2.05, 4.69) is 4.72 Å². The van der Waals surface area contributed by atoms with Crippen LogP contribution >= 0.6 is 0 Å². The number of hydrogen-bond donors (Lipinski definition) is 2. The van der Waals surface area contributed by atoms with Gasteiger partial charge >= 0.3 is 0 Å². The van der Waals surface area contributed by atoms with Crippen LogP contribution in [0.5, 0.6) is 0 Å². The Labute approximate surface area is 67.7 Å². The third-order valence-corrected chi connectivity index (χ3v) is 2.89. The van der Waals surface area contributed by atoms with Gasteiger partial charge in [0, 0.05) is 6.04 Å². The average Bonchev–Trinajstić information content (AvgIpc) is 2.00. The normalized spacial score (nSPS) is 14.8. The summed E-state index contributed by atoms with van der Waals surface area (Å²) in [6.07, 6.45) is 0.607. The molecule has 0 fully saturated rings. The molecule has 0 saturated carbocycles. The van der Waals surface area contributed by atoms with Crippen molar-refractivity contribution in [2.45, 2.75) is 26.3 Å². The molecule has 68 valence electrons. The van der Waals surface area contributed by atoms with Crippen molar-refractivity contribution >= 4 is 10.0 Å². The minimum absolute atomic E-state index is 0.0590. The van der Waals surface area contributed by atoms with E-state index in [1.54, 1.807) is 6.92 Å². The van der Waals surface area contributed by atoms with E-state index in [0.717, 1.165) is 0 Å². The molecule has 1 unspecified atom stereocenters. The predicted molar refractivity (Wildman–Crippen MR) is 43.8 cm³/mol. The standard InChI is InChI=1S/C6H15NO3S/c1-3-6(5-8)7-11(9,10)4-2/h6-8H,3-5H2,1-2H3. The first kappa shape index (κ1) is 10.9. The fourth-order valence-corrected chi connectivity index (χ4v) is 1.50. The molecule has 0 aromatic heterocycles. The number of hydrogen-bond acceptors (Lipinski definition) is 3. The van der Waals surface area contributed by atoms with E-state index in [-0.39, 0.29) is 18.4 Å². The van der Waals surface area contributed by atoms with Gasteiger partial charge in [-0.1, -0.05) is 6.92 Å². The zero-order valence-electron chi connectivity index (χ0n) is 6.87. The van der Waals surface area contributed by atoms with Gasteiger partial charge in [-0.25, -0.2) is 13.1 Å². The highest BCUT2D eigenvalue weighted by atomic mass is 32.2. The summed E-state index contributed by atoms with van der Waals surface area (Å²) in [5.74, 6) is 0.0590. The smallest absolute Gasteiger partial charge is 0.211 e. The molecular formula is C6H15NO3S. The molecule has 0 aliphatic carbocycles. The van der Waals surface area contributed by atoms with Crippen LogP contribution in [0.2, 0.25) is 0 Å². The van der Waals surface area contributed by atoms with Crippen molar-refractivity contribution in [1.82, 2.24) is 4.72 Å². The van der Waals surface area contributed by atoms with Crippen LogP contribution < -0.4 is 4.72 Å². The monoisotopic (exact) mass is 181 g/mol. The Bertz CT molecular complexity index is 184. The number of nitrogens with one attached hydrogen (secondary N) is 1. The van der Waals surface area contributed by atoms with Crippen LogP contribution in [0.3, 0.4) is 0 Å². The maximum Gasteiger partial charge on any atom is 0.211 e. The van der Waals surface area contributed by atoms with Crippen LogP contribution in [0, 0.1) is 0 Å². The zero-order chi connectivity index (χ0) is 8.91. The molecule has 5 heteroatoms. The maximum absolute atomic E-state index is 10.9. The van der Waals surface area contributed by atoms with Gasteiger partial charge < -0.3 is 5.11 Å². The van der Waals surface area contributed by atoms with Gasteiger partial charge in [-0.05, 0) is 13.3 Å². The van der Waals surface area contributed by atoms with Gasteiger partial charge in [-0.3, -0.25) is 0 Å². The Morgan fingerprint density at radius 3 is 2.27 bits per heavy atom. The van der Waals surface area contributed by atoms with Crippen molar-refractivity contribution in [3.63, 3.8) is 0 Å². The molecule has 0 radical (unpaired) electrons. The number of sulfonamides is 1. The quantitative estimate of drug-likeness (QED) is 0.612. The van der Waals surface area contributed by atoms with Gasteiger partial charge in [0.25, 0.3) is 0 Å². The Kier molecular flexibility index (Phi) is 4.63. The molecule has 11 heavy (non-hydrogen) atoms. The lowest BCUT2D eigenvalue weighted by Gasteiger charge is -2.12. The fraction of sp³-hybridized carbons (Fsp3) is 1.00. The second kappa shape index (κ2) is 4.69. The molecule has 0 bridgehead atoms. The lowest BCUT2D eigenvalue weighted by atomic mass is 10.3. The molecule has 0 heterocycles. The SMILES string of the molecule is CCC(CO)NS(=O)(=O)CC. The molecule has 0 aromatic rings. The lowest BCUT2D eigenvalue weighted by Crippen LogP contribution is -2.37. The summed E-state index contributed by atoms with van der Waals surface area (Å²) < 4.78 is 24.2. The first-order valence-corrected chi connectivity index (χ1v) is 5.31. The summed E-state index contributed by atoms with van der Waals surface area (Å²) in [5, 5.41) is 8.66. The highest BCUT2D eigenvalue weighted by Crippen LogP contribution is 1.92. The summed E-state index contributed by atoms with van der Waals surface area (Å²) in [7, 11) is -3.15. The Hall–Kier alpha value is -0.130. The number of aliphatic hydroxyl groups excluding tert-OH is 1. The molecule has 0 spiro atoms. The van der Waals surface area contributed by atoms with Crippen LogP contribution in [0.25, 0.3) is 0 Å². The topological polar surface area (TPSA) is 66.4 Å².